The molecule has 6 heteroatoms. The fraction of sp³-hybridized carbons (Fsp3) is 0.250. The lowest BCUT2D eigenvalue weighted by Gasteiger charge is -2.23. The molecule has 0 radical (unpaired) electrons. The van der Waals surface area contributed by atoms with Crippen LogP contribution in [0.2, 0.25) is 0 Å². The summed E-state index contributed by atoms with van der Waals surface area (Å²) in [5.41, 5.74) is 2.08. The van der Waals surface area contributed by atoms with E-state index in [0.29, 0.717) is 47.7 Å². The zero-order valence-corrected chi connectivity index (χ0v) is 14.2. The maximum Gasteiger partial charge on any atom is 0.279 e. The number of fused-ring (bicyclic) bond motifs is 2. The number of amides is 1. The molecule has 26 heavy (non-hydrogen) atoms. The zero-order chi connectivity index (χ0) is 18.1. The molecule has 0 spiro atoms. The molecule has 1 fully saturated rings. The summed E-state index contributed by atoms with van der Waals surface area (Å²) >= 11 is 0. The summed E-state index contributed by atoms with van der Waals surface area (Å²) in [7, 11) is 0. The Morgan fingerprint density at radius 3 is 2.23 bits per heavy atom. The Labute approximate surface area is 150 Å². The molecule has 0 atom stereocenters. The topological polar surface area (TPSA) is 76.9 Å². The van der Waals surface area contributed by atoms with Crippen LogP contribution in [0.1, 0.15) is 31.8 Å². The van der Waals surface area contributed by atoms with Gasteiger partial charge in [0.1, 0.15) is 13.1 Å². The van der Waals surface area contributed by atoms with Gasteiger partial charge in [-0.1, -0.05) is 24.3 Å². The summed E-state index contributed by atoms with van der Waals surface area (Å²) in [6, 6.07) is 11.7. The van der Waals surface area contributed by atoms with Gasteiger partial charge in [0.15, 0.2) is 18.1 Å². The number of benzene rings is 2. The van der Waals surface area contributed by atoms with Gasteiger partial charge in [0.2, 0.25) is 0 Å². The van der Waals surface area contributed by atoms with E-state index in [1.807, 2.05) is 0 Å². The average Bonchev–Trinajstić information content (AvgIpc) is 2.67. The first-order valence-electron chi connectivity index (χ1n) is 8.67. The SMILES string of the molecule is O=C(C[NH+]1CCOCC1)Nc1ccc2c(c1)C(=O)c1ccccc1C2=O. The minimum absolute atomic E-state index is 0.114. The molecule has 6 nitrogen and oxygen atoms in total. The van der Waals surface area contributed by atoms with Crippen LogP contribution in [0, 0.1) is 0 Å². The second kappa shape index (κ2) is 6.82. The van der Waals surface area contributed by atoms with Crippen LogP contribution in [-0.4, -0.2) is 50.3 Å². The van der Waals surface area contributed by atoms with Gasteiger partial charge in [0.25, 0.3) is 5.91 Å². The fourth-order valence-corrected chi connectivity index (χ4v) is 3.45. The second-order valence-corrected chi connectivity index (χ2v) is 6.55. The summed E-state index contributed by atoms with van der Waals surface area (Å²) in [5.74, 6) is -0.465. The molecule has 2 aromatic carbocycles. The maximum absolute atomic E-state index is 12.7. The van der Waals surface area contributed by atoms with Crippen molar-refractivity contribution >= 4 is 23.2 Å². The van der Waals surface area contributed by atoms with E-state index in [4.69, 9.17) is 4.74 Å². The first kappa shape index (κ1) is 16.6. The molecule has 132 valence electrons. The van der Waals surface area contributed by atoms with Gasteiger partial charge in [-0.2, -0.15) is 0 Å². The van der Waals surface area contributed by atoms with Crippen LogP contribution >= 0.6 is 0 Å². The third-order valence-electron chi connectivity index (χ3n) is 4.82. The van der Waals surface area contributed by atoms with Crippen molar-refractivity contribution in [1.82, 2.24) is 0 Å². The van der Waals surface area contributed by atoms with Crippen LogP contribution < -0.4 is 10.2 Å². The normalized spacial score (nSPS) is 16.8. The molecule has 1 aliphatic heterocycles. The third kappa shape index (κ3) is 3.05. The molecule has 0 aromatic heterocycles. The largest absolute Gasteiger partial charge is 0.370 e. The number of morpholine rings is 1. The van der Waals surface area contributed by atoms with Crippen molar-refractivity contribution in [2.24, 2.45) is 0 Å². The van der Waals surface area contributed by atoms with Crippen molar-refractivity contribution in [3.05, 3.63) is 64.7 Å². The Morgan fingerprint density at radius 2 is 1.54 bits per heavy atom. The van der Waals surface area contributed by atoms with E-state index in [2.05, 4.69) is 5.32 Å². The monoisotopic (exact) mass is 351 g/mol. The molecule has 1 amide bonds. The van der Waals surface area contributed by atoms with Gasteiger partial charge in [0.05, 0.1) is 13.2 Å². The molecule has 2 N–H and O–H groups in total. The van der Waals surface area contributed by atoms with Gasteiger partial charge in [-0.3, -0.25) is 14.4 Å². The number of hydrogen-bond donors (Lipinski definition) is 2. The molecule has 2 aliphatic rings. The van der Waals surface area contributed by atoms with Crippen LogP contribution in [0.5, 0.6) is 0 Å². The number of anilines is 1. The van der Waals surface area contributed by atoms with Crippen molar-refractivity contribution in [3.8, 4) is 0 Å². The van der Waals surface area contributed by atoms with Gasteiger partial charge < -0.3 is 15.0 Å². The third-order valence-corrected chi connectivity index (χ3v) is 4.82. The highest BCUT2D eigenvalue weighted by Gasteiger charge is 2.29. The lowest BCUT2D eigenvalue weighted by atomic mass is 9.84. The number of quaternary nitrogens is 1. The number of ether oxygens (including phenoxy) is 1. The van der Waals surface area contributed by atoms with Crippen molar-refractivity contribution in [2.75, 3.05) is 38.2 Å². The second-order valence-electron chi connectivity index (χ2n) is 6.55. The number of hydrogen-bond acceptors (Lipinski definition) is 4. The van der Waals surface area contributed by atoms with E-state index < -0.39 is 0 Å². The Kier molecular flexibility index (Phi) is 4.36. The molecule has 1 aliphatic carbocycles. The summed E-state index contributed by atoms with van der Waals surface area (Å²) < 4.78 is 5.29. The van der Waals surface area contributed by atoms with Gasteiger partial charge in [-0.15, -0.1) is 0 Å². The van der Waals surface area contributed by atoms with Crippen molar-refractivity contribution < 1.29 is 24.0 Å². The van der Waals surface area contributed by atoms with Gasteiger partial charge in [0, 0.05) is 27.9 Å². The lowest BCUT2D eigenvalue weighted by Crippen LogP contribution is -3.15. The molecule has 1 heterocycles. The summed E-state index contributed by atoms with van der Waals surface area (Å²) in [5, 5.41) is 2.83. The lowest BCUT2D eigenvalue weighted by molar-refractivity contribution is -0.899. The van der Waals surface area contributed by atoms with E-state index in [-0.39, 0.29) is 17.5 Å². The standard InChI is InChI=1S/C20H18N2O4/c23-18(12-22-7-9-26-10-8-22)21-13-5-6-16-17(11-13)20(25)15-4-2-1-3-14(15)19(16)24/h1-6,11H,7-10,12H2,(H,21,23)/p+1. The van der Waals surface area contributed by atoms with Crippen LogP contribution in [0.4, 0.5) is 5.69 Å². The molecular formula is C20H19N2O4+. The summed E-state index contributed by atoms with van der Waals surface area (Å²) in [6.07, 6.45) is 0. The van der Waals surface area contributed by atoms with E-state index in [9.17, 15) is 14.4 Å². The molecule has 2 aromatic rings. The predicted molar refractivity (Wildman–Crippen MR) is 94.8 cm³/mol. The van der Waals surface area contributed by atoms with Crippen molar-refractivity contribution in [2.45, 2.75) is 0 Å². The molecule has 0 bridgehead atoms. The zero-order valence-electron chi connectivity index (χ0n) is 14.2. The molecule has 0 saturated carbocycles. The quantitative estimate of drug-likeness (QED) is 0.712. The Balaban J connectivity index is 1.54. The number of carbonyl (C=O) groups is 3. The number of rotatable bonds is 3. The van der Waals surface area contributed by atoms with Gasteiger partial charge in [-0.25, -0.2) is 0 Å². The first-order valence-corrected chi connectivity index (χ1v) is 8.67. The highest BCUT2D eigenvalue weighted by molar-refractivity contribution is 6.28. The van der Waals surface area contributed by atoms with Crippen molar-refractivity contribution in [3.63, 3.8) is 0 Å². The molecule has 4 rings (SSSR count). The maximum atomic E-state index is 12.7. The predicted octanol–water partition coefficient (Wildman–Crippen LogP) is 0.316. The first-order chi connectivity index (χ1) is 12.6. The van der Waals surface area contributed by atoms with E-state index in [1.165, 1.54) is 4.90 Å². The van der Waals surface area contributed by atoms with E-state index in [0.717, 1.165) is 13.1 Å². The minimum Gasteiger partial charge on any atom is -0.370 e. The van der Waals surface area contributed by atoms with Crippen molar-refractivity contribution in [1.29, 1.82) is 0 Å². The summed E-state index contributed by atoms with van der Waals surface area (Å²) in [4.78, 5) is 38.8. The number of carbonyl (C=O) groups excluding carboxylic acids is 3. The Morgan fingerprint density at radius 1 is 0.923 bits per heavy atom. The minimum atomic E-state index is -0.190. The fourth-order valence-electron chi connectivity index (χ4n) is 3.45. The van der Waals surface area contributed by atoms with Crippen LogP contribution in [-0.2, 0) is 9.53 Å². The van der Waals surface area contributed by atoms with Crippen LogP contribution in [0.25, 0.3) is 0 Å². The average molecular weight is 351 g/mol. The summed E-state index contributed by atoms with van der Waals surface area (Å²) in [6.45, 7) is 3.30. The van der Waals surface area contributed by atoms with Crippen LogP contribution in [0.15, 0.2) is 42.5 Å². The van der Waals surface area contributed by atoms with Crippen LogP contribution in [0.3, 0.4) is 0 Å². The smallest absolute Gasteiger partial charge is 0.279 e. The molecular weight excluding hydrogens is 332 g/mol. The van der Waals surface area contributed by atoms with Gasteiger partial charge >= 0.3 is 0 Å². The molecule has 1 saturated heterocycles. The highest BCUT2D eigenvalue weighted by Crippen LogP contribution is 2.29. The number of ketones is 2. The Bertz CT molecular complexity index is 900. The number of nitrogens with one attached hydrogen (secondary N) is 2. The highest BCUT2D eigenvalue weighted by atomic mass is 16.5. The van der Waals surface area contributed by atoms with E-state index >= 15 is 0 Å². The van der Waals surface area contributed by atoms with E-state index in [1.54, 1.807) is 42.5 Å². The Hall–Kier alpha value is -2.83. The molecule has 0 unspecified atom stereocenters. The van der Waals surface area contributed by atoms with Gasteiger partial charge in [-0.05, 0) is 18.2 Å².